The second kappa shape index (κ2) is 6.99. The van der Waals surface area contributed by atoms with E-state index in [2.05, 4.69) is 71.4 Å². The summed E-state index contributed by atoms with van der Waals surface area (Å²) in [5, 5.41) is 0.704. The van der Waals surface area contributed by atoms with E-state index in [1.807, 2.05) is 36.4 Å². The van der Waals surface area contributed by atoms with Gasteiger partial charge in [0.25, 0.3) is 0 Å². The highest BCUT2D eigenvalue weighted by Crippen LogP contribution is 2.33. The standard InChI is InChI=1S/C25H17ClN2/c26-23-14-8-7-13-21(23)24-17-28-16-20(18-9-3-1-4-10-18)15-22(25(28)27-24)19-11-5-2-6-12-19/h1-17H. The second-order valence-corrected chi connectivity index (χ2v) is 7.12. The van der Waals surface area contributed by atoms with Crippen LogP contribution in [-0.2, 0) is 0 Å². The van der Waals surface area contributed by atoms with Crippen LogP contribution in [-0.4, -0.2) is 9.38 Å². The molecule has 28 heavy (non-hydrogen) atoms. The highest BCUT2D eigenvalue weighted by molar-refractivity contribution is 6.33. The smallest absolute Gasteiger partial charge is 0.145 e. The molecule has 0 N–H and O–H groups in total. The molecular formula is C25H17ClN2. The number of nitrogens with zero attached hydrogens (tertiary/aromatic N) is 2. The largest absolute Gasteiger partial charge is 0.305 e. The van der Waals surface area contributed by atoms with Gasteiger partial charge in [-0.05, 0) is 28.8 Å². The van der Waals surface area contributed by atoms with Gasteiger partial charge in [-0.15, -0.1) is 0 Å². The van der Waals surface area contributed by atoms with E-state index in [4.69, 9.17) is 16.6 Å². The summed E-state index contributed by atoms with van der Waals surface area (Å²) in [6.07, 6.45) is 4.18. The molecule has 0 saturated heterocycles. The van der Waals surface area contributed by atoms with E-state index >= 15 is 0 Å². The van der Waals surface area contributed by atoms with Gasteiger partial charge in [-0.1, -0.05) is 90.5 Å². The van der Waals surface area contributed by atoms with Crippen molar-refractivity contribution in [2.45, 2.75) is 0 Å². The van der Waals surface area contributed by atoms with Gasteiger partial charge in [-0.3, -0.25) is 0 Å². The van der Waals surface area contributed by atoms with Crippen LogP contribution in [0.2, 0.25) is 5.02 Å². The lowest BCUT2D eigenvalue weighted by Gasteiger charge is -2.09. The summed E-state index contributed by atoms with van der Waals surface area (Å²) in [6, 6.07) is 30.8. The number of hydrogen-bond acceptors (Lipinski definition) is 1. The zero-order valence-electron chi connectivity index (χ0n) is 15.1. The summed E-state index contributed by atoms with van der Waals surface area (Å²) in [6.45, 7) is 0. The molecule has 5 aromatic rings. The SMILES string of the molecule is Clc1ccccc1-c1cn2cc(-c3ccccc3)cc(-c3ccccc3)c2n1. The Labute approximate surface area is 168 Å². The molecule has 0 saturated carbocycles. The van der Waals surface area contributed by atoms with Gasteiger partial charge in [0, 0.05) is 23.5 Å². The van der Waals surface area contributed by atoms with Gasteiger partial charge in [-0.25, -0.2) is 4.98 Å². The van der Waals surface area contributed by atoms with E-state index in [0.29, 0.717) is 5.02 Å². The van der Waals surface area contributed by atoms with E-state index < -0.39 is 0 Å². The van der Waals surface area contributed by atoms with Crippen molar-refractivity contribution in [1.29, 1.82) is 0 Å². The topological polar surface area (TPSA) is 17.3 Å². The van der Waals surface area contributed by atoms with Crippen LogP contribution < -0.4 is 0 Å². The fraction of sp³-hybridized carbons (Fsp3) is 0. The highest BCUT2D eigenvalue weighted by Gasteiger charge is 2.13. The molecule has 3 heteroatoms. The van der Waals surface area contributed by atoms with Crippen LogP contribution in [0.4, 0.5) is 0 Å². The molecule has 0 aliphatic rings. The van der Waals surface area contributed by atoms with Crippen LogP contribution in [0.25, 0.3) is 39.2 Å². The molecule has 134 valence electrons. The molecule has 3 aromatic carbocycles. The number of hydrogen-bond donors (Lipinski definition) is 0. The van der Waals surface area contributed by atoms with Crippen molar-refractivity contribution in [3.8, 4) is 33.5 Å². The van der Waals surface area contributed by atoms with E-state index in [9.17, 15) is 0 Å². The summed E-state index contributed by atoms with van der Waals surface area (Å²) in [5.74, 6) is 0. The van der Waals surface area contributed by atoms with Crippen LogP contribution in [0.3, 0.4) is 0 Å². The van der Waals surface area contributed by atoms with Gasteiger partial charge >= 0.3 is 0 Å². The maximum Gasteiger partial charge on any atom is 0.145 e. The third-order valence-electron chi connectivity index (χ3n) is 4.89. The Morgan fingerprint density at radius 2 is 1.25 bits per heavy atom. The van der Waals surface area contributed by atoms with E-state index in [1.54, 1.807) is 0 Å². The van der Waals surface area contributed by atoms with Gasteiger partial charge in [-0.2, -0.15) is 0 Å². The van der Waals surface area contributed by atoms with Crippen LogP contribution in [0.15, 0.2) is 103 Å². The molecule has 0 amide bonds. The van der Waals surface area contributed by atoms with E-state index in [-0.39, 0.29) is 0 Å². The molecule has 0 fully saturated rings. The summed E-state index contributed by atoms with van der Waals surface area (Å²) in [5.41, 5.74) is 7.29. The first-order valence-corrected chi connectivity index (χ1v) is 9.56. The van der Waals surface area contributed by atoms with Crippen LogP contribution in [0.1, 0.15) is 0 Å². The number of halogens is 1. The lowest BCUT2D eigenvalue weighted by atomic mass is 10.0. The summed E-state index contributed by atoms with van der Waals surface area (Å²) in [4.78, 5) is 4.93. The first-order valence-electron chi connectivity index (χ1n) is 9.18. The molecule has 0 atom stereocenters. The Hall–Kier alpha value is -3.36. The van der Waals surface area contributed by atoms with E-state index in [0.717, 1.165) is 33.6 Å². The zero-order chi connectivity index (χ0) is 18.9. The minimum atomic E-state index is 0.704. The maximum absolute atomic E-state index is 6.42. The quantitative estimate of drug-likeness (QED) is 0.329. The average molecular weight is 381 g/mol. The second-order valence-electron chi connectivity index (χ2n) is 6.71. The third kappa shape index (κ3) is 2.98. The monoisotopic (exact) mass is 380 g/mol. The van der Waals surface area contributed by atoms with Crippen LogP contribution in [0, 0.1) is 0 Å². The Kier molecular flexibility index (Phi) is 4.19. The van der Waals surface area contributed by atoms with Crippen LogP contribution in [0.5, 0.6) is 0 Å². The third-order valence-corrected chi connectivity index (χ3v) is 5.22. The van der Waals surface area contributed by atoms with Crippen molar-refractivity contribution in [1.82, 2.24) is 9.38 Å². The first kappa shape index (κ1) is 16.8. The maximum atomic E-state index is 6.42. The summed E-state index contributed by atoms with van der Waals surface area (Å²) in [7, 11) is 0. The minimum absolute atomic E-state index is 0.704. The minimum Gasteiger partial charge on any atom is -0.305 e. The van der Waals surface area contributed by atoms with Crippen LogP contribution >= 0.6 is 11.6 Å². The summed E-state index contributed by atoms with van der Waals surface area (Å²) >= 11 is 6.42. The number of aromatic nitrogens is 2. The fourth-order valence-corrected chi connectivity index (χ4v) is 3.75. The molecular weight excluding hydrogens is 364 g/mol. The lowest BCUT2D eigenvalue weighted by molar-refractivity contribution is 1.19. The molecule has 0 spiro atoms. The highest BCUT2D eigenvalue weighted by atomic mass is 35.5. The Morgan fingerprint density at radius 3 is 1.96 bits per heavy atom. The normalized spacial score (nSPS) is 11.0. The van der Waals surface area contributed by atoms with Crippen molar-refractivity contribution >= 4 is 17.2 Å². The van der Waals surface area contributed by atoms with Crippen molar-refractivity contribution < 1.29 is 0 Å². The number of rotatable bonds is 3. The number of fused-ring (bicyclic) bond motifs is 1. The van der Waals surface area contributed by atoms with Crippen molar-refractivity contribution in [2.24, 2.45) is 0 Å². The molecule has 0 aliphatic heterocycles. The van der Waals surface area contributed by atoms with Gasteiger partial charge in [0.05, 0.1) is 10.7 Å². The molecule has 5 rings (SSSR count). The Bertz CT molecular complexity index is 1260. The van der Waals surface area contributed by atoms with Crippen molar-refractivity contribution in [3.05, 3.63) is 108 Å². The molecule has 2 nitrogen and oxygen atoms in total. The van der Waals surface area contributed by atoms with Gasteiger partial charge < -0.3 is 4.40 Å². The van der Waals surface area contributed by atoms with Crippen molar-refractivity contribution in [3.63, 3.8) is 0 Å². The predicted molar refractivity (Wildman–Crippen MR) is 117 cm³/mol. The molecule has 0 radical (unpaired) electrons. The summed E-state index contributed by atoms with van der Waals surface area (Å²) < 4.78 is 2.10. The molecule has 0 aliphatic carbocycles. The van der Waals surface area contributed by atoms with E-state index in [1.165, 1.54) is 5.56 Å². The van der Waals surface area contributed by atoms with Gasteiger partial charge in [0.2, 0.25) is 0 Å². The number of imidazole rings is 1. The number of benzene rings is 3. The average Bonchev–Trinajstić information content (AvgIpc) is 3.18. The van der Waals surface area contributed by atoms with Crippen molar-refractivity contribution in [2.75, 3.05) is 0 Å². The Balaban J connectivity index is 1.78. The predicted octanol–water partition coefficient (Wildman–Crippen LogP) is 6.99. The first-order chi connectivity index (χ1) is 13.8. The molecule has 0 unspecified atom stereocenters. The van der Waals surface area contributed by atoms with Gasteiger partial charge in [0.15, 0.2) is 0 Å². The lowest BCUT2D eigenvalue weighted by Crippen LogP contribution is -1.90. The molecule has 0 bridgehead atoms. The molecule has 2 aromatic heterocycles. The Morgan fingerprint density at radius 1 is 0.607 bits per heavy atom. The zero-order valence-corrected chi connectivity index (χ0v) is 15.8. The molecule has 2 heterocycles. The fourth-order valence-electron chi connectivity index (χ4n) is 3.52. The number of pyridine rings is 1. The van der Waals surface area contributed by atoms with Gasteiger partial charge in [0.1, 0.15) is 5.65 Å².